The number of hydrogen-bond acceptors (Lipinski definition) is 7. The number of aromatic nitrogens is 4. The molecule has 0 radical (unpaired) electrons. The van der Waals surface area contributed by atoms with Gasteiger partial charge in [-0.05, 0) is 44.2 Å². The second kappa shape index (κ2) is 8.73. The van der Waals surface area contributed by atoms with Crippen LogP contribution in [0.5, 0.6) is 11.5 Å². The van der Waals surface area contributed by atoms with Gasteiger partial charge in [0.25, 0.3) is 5.91 Å². The van der Waals surface area contributed by atoms with Crippen LogP contribution in [-0.4, -0.2) is 39.9 Å². The molecule has 0 fully saturated rings. The van der Waals surface area contributed by atoms with Crippen LogP contribution in [-0.2, 0) is 17.9 Å². The molecule has 0 aliphatic carbocycles. The van der Waals surface area contributed by atoms with E-state index in [4.69, 9.17) is 14.5 Å². The lowest BCUT2D eigenvalue weighted by Gasteiger charge is -2.20. The van der Waals surface area contributed by atoms with Crippen molar-refractivity contribution >= 4 is 32.6 Å². The number of rotatable bonds is 7. The summed E-state index contributed by atoms with van der Waals surface area (Å²) in [6.07, 6.45) is 1.71. The SMILES string of the molecule is COc1ccc(OC)c2sc(N(Cc3ccccn3)C(=O)Cn3nc(C)cc3C)nc12. The number of thiazole rings is 1. The molecule has 0 aliphatic heterocycles. The van der Waals surface area contributed by atoms with E-state index in [0.717, 1.165) is 21.8 Å². The number of aryl methyl sites for hydroxylation is 2. The van der Waals surface area contributed by atoms with Crippen LogP contribution in [0.3, 0.4) is 0 Å². The minimum atomic E-state index is -0.131. The lowest BCUT2D eigenvalue weighted by atomic mass is 10.3. The minimum Gasteiger partial charge on any atom is -0.495 e. The molecule has 160 valence electrons. The van der Waals surface area contributed by atoms with Gasteiger partial charge >= 0.3 is 0 Å². The van der Waals surface area contributed by atoms with Gasteiger partial charge in [-0.2, -0.15) is 5.10 Å². The van der Waals surface area contributed by atoms with Gasteiger partial charge < -0.3 is 9.47 Å². The first-order valence-corrected chi connectivity index (χ1v) is 10.5. The number of fused-ring (bicyclic) bond motifs is 1. The number of anilines is 1. The van der Waals surface area contributed by atoms with Gasteiger partial charge in [-0.1, -0.05) is 17.4 Å². The first kappa shape index (κ1) is 20.8. The molecule has 0 bridgehead atoms. The third-order valence-corrected chi connectivity index (χ3v) is 5.96. The highest BCUT2D eigenvalue weighted by molar-refractivity contribution is 7.22. The zero-order valence-electron chi connectivity index (χ0n) is 17.8. The molecule has 0 saturated heterocycles. The highest BCUT2D eigenvalue weighted by Gasteiger charge is 2.24. The number of methoxy groups -OCH3 is 2. The number of ether oxygens (including phenoxy) is 2. The van der Waals surface area contributed by atoms with E-state index in [1.807, 2.05) is 50.2 Å². The Hall–Kier alpha value is -3.46. The molecule has 9 heteroatoms. The summed E-state index contributed by atoms with van der Waals surface area (Å²) in [5, 5.41) is 4.98. The molecule has 3 aromatic heterocycles. The average Bonchev–Trinajstić information content (AvgIpc) is 3.34. The van der Waals surface area contributed by atoms with Gasteiger partial charge in [0.1, 0.15) is 28.3 Å². The Labute approximate surface area is 184 Å². The summed E-state index contributed by atoms with van der Waals surface area (Å²) in [5.74, 6) is 1.18. The summed E-state index contributed by atoms with van der Waals surface area (Å²) in [6.45, 7) is 4.25. The molecule has 0 saturated carbocycles. The predicted molar refractivity (Wildman–Crippen MR) is 120 cm³/mol. The minimum absolute atomic E-state index is 0.108. The molecule has 3 heterocycles. The average molecular weight is 438 g/mol. The highest BCUT2D eigenvalue weighted by Crippen LogP contribution is 2.40. The largest absolute Gasteiger partial charge is 0.495 e. The van der Waals surface area contributed by atoms with E-state index in [1.165, 1.54) is 11.3 Å². The van der Waals surface area contributed by atoms with Crippen LogP contribution in [0.15, 0.2) is 42.6 Å². The van der Waals surface area contributed by atoms with Crippen LogP contribution >= 0.6 is 11.3 Å². The first-order chi connectivity index (χ1) is 15.0. The van der Waals surface area contributed by atoms with E-state index in [9.17, 15) is 4.79 Å². The zero-order valence-corrected chi connectivity index (χ0v) is 18.6. The van der Waals surface area contributed by atoms with E-state index in [-0.39, 0.29) is 12.5 Å². The monoisotopic (exact) mass is 437 g/mol. The fourth-order valence-corrected chi connectivity index (χ4v) is 4.45. The van der Waals surface area contributed by atoms with E-state index < -0.39 is 0 Å². The summed E-state index contributed by atoms with van der Waals surface area (Å²) >= 11 is 1.39. The number of carbonyl (C=O) groups excluding carboxylic acids is 1. The third kappa shape index (κ3) is 4.22. The second-order valence-electron chi connectivity index (χ2n) is 7.03. The van der Waals surface area contributed by atoms with Crippen molar-refractivity contribution in [3.8, 4) is 11.5 Å². The molecule has 31 heavy (non-hydrogen) atoms. The number of pyridine rings is 1. The Balaban J connectivity index is 1.76. The molecule has 1 amide bonds. The van der Waals surface area contributed by atoms with Gasteiger partial charge in [0.15, 0.2) is 5.13 Å². The Bertz CT molecular complexity index is 1180. The number of hydrogen-bond donors (Lipinski definition) is 0. The molecule has 4 rings (SSSR count). The Morgan fingerprint density at radius 3 is 2.55 bits per heavy atom. The smallest absolute Gasteiger partial charge is 0.250 e. The van der Waals surface area contributed by atoms with Gasteiger partial charge in [-0.25, -0.2) is 4.98 Å². The quantitative estimate of drug-likeness (QED) is 0.438. The van der Waals surface area contributed by atoms with Crippen LogP contribution in [0.25, 0.3) is 10.2 Å². The standard InChI is InChI=1S/C22H23N5O3S/c1-14-11-15(2)27(25-14)13-19(28)26(12-16-7-5-6-10-23-16)22-24-20-17(29-3)8-9-18(30-4)21(20)31-22/h5-11H,12-13H2,1-4H3. The summed E-state index contributed by atoms with van der Waals surface area (Å²) in [6, 6.07) is 11.2. The van der Waals surface area contributed by atoms with Gasteiger partial charge in [0.2, 0.25) is 0 Å². The molecule has 0 unspecified atom stereocenters. The van der Waals surface area contributed by atoms with Crippen LogP contribution < -0.4 is 14.4 Å². The van der Waals surface area contributed by atoms with Gasteiger partial charge in [0.05, 0.1) is 32.2 Å². The van der Waals surface area contributed by atoms with Crippen molar-refractivity contribution in [2.45, 2.75) is 26.9 Å². The molecule has 1 aromatic carbocycles. The molecule has 0 N–H and O–H groups in total. The van der Waals surface area contributed by atoms with Gasteiger partial charge in [0, 0.05) is 11.9 Å². The summed E-state index contributed by atoms with van der Waals surface area (Å²) in [5.41, 5.74) is 3.22. The fraction of sp³-hybridized carbons (Fsp3) is 0.273. The number of amides is 1. The third-order valence-electron chi connectivity index (χ3n) is 4.87. The first-order valence-electron chi connectivity index (χ1n) is 9.73. The Morgan fingerprint density at radius 1 is 1.13 bits per heavy atom. The van der Waals surface area contributed by atoms with E-state index in [2.05, 4.69) is 10.1 Å². The molecule has 0 aliphatic rings. The predicted octanol–water partition coefficient (Wildman–Crippen LogP) is 3.76. The number of nitrogens with zero attached hydrogens (tertiary/aromatic N) is 5. The maximum absolute atomic E-state index is 13.4. The fourth-order valence-electron chi connectivity index (χ4n) is 3.35. The molecular formula is C22H23N5O3S. The highest BCUT2D eigenvalue weighted by atomic mass is 32.1. The lowest BCUT2D eigenvalue weighted by molar-refractivity contribution is -0.119. The van der Waals surface area contributed by atoms with Crippen molar-refractivity contribution < 1.29 is 14.3 Å². The normalized spacial score (nSPS) is 11.0. The van der Waals surface area contributed by atoms with Crippen LogP contribution in [0.4, 0.5) is 5.13 Å². The van der Waals surface area contributed by atoms with E-state index in [1.54, 1.807) is 30.0 Å². The lowest BCUT2D eigenvalue weighted by Crippen LogP contribution is -2.34. The van der Waals surface area contributed by atoms with Crippen molar-refractivity contribution in [2.24, 2.45) is 0 Å². The topological polar surface area (TPSA) is 82.4 Å². The van der Waals surface area contributed by atoms with Crippen molar-refractivity contribution in [2.75, 3.05) is 19.1 Å². The summed E-state index contributed by atoms with van der Waals surface area (Å²) in [7, 11) is 3.21. The Morgan fingerprint density at radius 2 is 1.90 bits per heavy atom. The maximum Gasteiger partial charge on any atom is 0.250 e. The van der Waals surface area contributed by atoms with Crippen molar-refractivity contribution in [3.63, 3.8) is 0 Å². The summed E-state index contributed by atoms with van der Waals surface area (Å²) in [4.78, 5) is 24.2. The molecule has 0 spiro atoms. The maximum atomic E-state index is 13.4. The van der Waals surface area contributed by atoms with Crippen molar-refractivity contribution in [1.82, 2.24) is 19.7 Å². The summed E-state index contributed by atoms with van der Waals surface area (Å²) < 4.78 is 13.5. The van der Waals surface area contributed by atoms with Crippen LogP contribution in [0.2, 0.25) is 0 Å². The molecular weight excluding hydrogens is 414 g/mol. The Kier molecular flexibility index (Phi) is 5.85. The van der Waals surface area contributed by atoms with Crippen LogP contribution in [0.1, 0.15) is 17.1 Å². The van der Waals surface area contributed by atoms with Crippen molar-refractivity contribution in [3.05, 3.63) is 59.7 Å². The molecule has 8 nitrogen and oxygen atoms in total. The second-order valence-corrected chi connectivity index (χ2v) is 8.01. The van der Waals surface area contributed by atoms with Gasteiger partial charge in [-0.3, -0.25) is 19.4 Å². The van der Waals surface area contributed by atoms with Crippen LogP contribution in [0, 0.1) is 13.8 Å². The van der Waals surface area contributed by atoms with Gasteiger partial charge in [-0.15, -0.1) is 0 Å². The number of carbonyl (C=O) groups is 1. The molecule has 0 atom stereocenters. The van der Waals surface area contributed by atoms with Crippen molar-refractivity contribution in [1.29, 1.82) is 0 Å². The van der Waals surface area contributed by atoms with E-state index >= 15 is 0 Å². The zero-order chi connectivity index (χ0) is 22.0. The van der Waals surface area contributed by atoms with E-state index in [0.29, 0.717) is 28.7 Å². The molecule has 4 aromatic rings. The number of benzene rings is 1.